The van der Waals surface area contributed by atoms with Gasteiger partial charge in [-0.3, -0.25) is 4.90 Å². The van der Waals surface area contributed by atoms with Gasteiger partial charge in [0.25, 0.3) is 0 Å². The van der Waals surface area contributed by atoms with Crippen molar-refractivity contribution >= 4 is 23.4 Å². The first-order valence-electron chi connectivity index (χ1n) is 11.8. The maximum absolute atomic E-state index is 13.4. The van der Waals surface area contributed by atoms with Crippen molar-refractivity contribution < 1.29 is 23.5 Å². The second kappa shape index (κ2) is 10.8. The summed E-state index contributed by atoms with van der Waals surface area (Å²) in [5.41, 5.74) is 0.438. The summed E-state index contributed by atoms with van der Waals surface area (Å²) in [5.74, 6) is -0.0161. The van der Waals surface area contributed by atoms with Crippen molar-refractivity contribution in [1.29, 1.82) is 0 Å². The van der Waals surface area contributed by atoms with Gasteiger partial charge in [-0.15, -0.1) is 11.3 Å². The van der Waals surface area contributed by atoms with Crippen LogP contribution in [0.1, 0.15) is 55.1 Å². The van der Waals surface area contributed by atoms with Crippen molar-refractivity contribution in [3.8, 4) is 5.69 Å². The van der Waals surface area contributed by atoms with Crippen molar-refractivity contribution in [2.75, 3.05) is 26.2 Å². The summed E-state index contributed by atoms with van der Waals surface area (Å²) in [6.45, 7) is 9.34. The minimum Gasteiger partial charge on any atom is -0.461 e. The lowest BCUT2D eigenvalue weighted by Crippen LogP contribution is -2.51. The van der Waals surface area contributed by atoms with Gasteiger partial charge in [0.1, 0.15) is 22.3 Å². The van der Waals surface area contributed by atoms with Crippen molar-refractivity contribution in [1.82, 2.24) is 24.3 Å². The Kier molecular flexibility index (Phi) is 7.70. The number of aromatic nitrogens is 3. The van der Waals surface area contributed by atoms with Crippen molar-refractivity contribution in [2.24, 2.45) is 0 Å². The van der Waals surface area contributed by atoms with E-state index < -0.39 is 11.6 Å². The van der Waals surface area contributed by atoms with Crippen LogP contribution >= 0.6 is 11.3 Å². The van der Waals surface area contributed by atoms with Gasteiger partial charge < -0.3 is 18.9 Å². The Bertz CT molecular complexity index is 1200. The molecule has 0 radical (unpaired) electrons. The van der Waals surface area contributed by atoms with Gasteiger partial charge in [-0.05, 0) is 52.0 Å². The molecular formula is C25H30FN5O4S. The van der Waals surface area contributed by atoms with E-state index in [0.29, 0.717) is 31.2 Å². The Balaban J connectivity index is 1.60. The number of benzene rings is 1. The van der Waals surface area contributed by atoms with Crippen LogP contribution < -0.4 is 0 Å². The van der Waals surface area contributed by atoms with E-state index >= 15 is 0 Å². The van der Waals surface area contributed by atoms with Crippen LogP contribution in [0.2, 0.25) is 0 Å². The normalized spacial score (nSPS) is 16.7. The third-order valence-corrected chi connectivity index (χ3v) is 6.55. The maximum Gasteiger partial charge on any atom is 0.410 e. The van der Waals surface area contributed by atoms with Crippen LogP contribution in [0, 0.1) is 5.82 Å². The minimum atomic E-state index is -0.609. The average molecular weight is 516 g/mol. The quantitative estimate of drug-likeness (QED) is 0.449. The van der Waals surface area contributed by atoms with Crippen molar-refractivity contribution in [2.45, 2.75) is 45.9 Å². The Morgan fingerprint density at radius 3 is 2.64 bits per heavy atom. The summed E-state index contributed by atoms with van der Waals surface area (Å²) < 4.78 is 26.0. The molecule has 0 saturated carbocycles. The number of piperazine rings is 1. The van der Waals surface area contributed by atoms with E-state index in [-0.39, 0.29) is 30.3 Å². The number of esters is 1. The van der Waals surface area contributed by atoms with Crippen molar-refractivity contribution in [3.63, 3.8) is 0 Å². The molecule has 0 spiro atoms. The largest absolute Gasteiger partial charge is 0.461 e. The van der Waals surface area contributed by atoms with Gasteiger partial charge in [-0.1, -0.05) is 0 Å². The maximum atomic E-state index is 13.4. The second-order valence-corrected chi connectivity index (χ2v) is 10.3. The third-order valence-electron chi connectivity index (χ3n) is 5.60. The molecule has 0 N–H and O–H groups in total. The van der Waals surface area contributed by atoms with Crippen molar-refractivity contribution in [3.05, 3.63) is 64.4 Å². The molecule has 1 unspecified atom stereocenters. The molecule has 1 fully saturated rings. The fraction of sp³-hybridized carbons (Fsp3) is 0.440. The first kappa shape index (κ1) is 25.8. The smallest absolute Gasteiger partial charge is 0.410 e. The molecule has 0 bridgehead atoms. The fourth-order valence-corrected chi connectivity index (χ4v) is 4.86. The van der Waals surface area contributed by atoms with Gasteiger partial charge in [0, 0.05) is 43.1 Å². The zero-order chi connectivity index (χ0) is 25.9. The number of hydrogen-bond donors (Lipinski definition) is 0. The number of imidazole rings is 1. The summed E-state index contributed by atoms with van der Waals surface area (Å²) in [5, 5.41) is 2.38. The number of amides is 1. The fourth-order valence-electron chi connectivity index (χ4n) is 3.95. The van der Waals surface area contributed by atoms with Gasteiger partial charge in [0.05, 0.1) is 19.2 Å². The summed E-state index contributed by atoms with van der Waals surface area (Å²) in [6, 6.07) is 5.94. The molecule has 11 heteroatoms. The van der Waals surface area contributed by atoms with E-state index in [9.17, 15) is 14.0 Å². The summed E-state index contributed by atoms with van der Waals surface area (Å²) in [7, 11) is 0. The Morgan fingerprint density at radius 2 is 1.94 bits per heavy atom. The van der Waals surface area contributed by atoms with Gasteiger partial charge >= 0.3 is 12.1 Å². The predicted molar refractivity (Wildman–Crippen MR) is 133 cm³/mol. The van der Waals surface area contributed by atoms with Gasteiger partial charge in [0.15, 0.2) is 5.69 Å². The van der Waals surface area contributed by atoms with Gasteiger partial charge in [-0.25, -0.2) is 23.9 Å². The van der Waals surface area contributed by atoms with Crippen LogP contribution in [0.15, 0.2) is 42.0 Å². The highest BCUT2D eigenvalue weighted by atomic mass is 32.1. The molecular weight excluding hydrogens is 485 g/mol. The second-order valence-electron chi connectivity index (χ2n) is 9.39. The number of thiazole rings is 1. The van der Waals surface area contributed by atoms with E-state index in [1.165, 1.54) is 23.5 Å². The van der Waals surface area contributed by atoms with Crippen LogP contribution in [0.5, 0.6) is 0 Å². The van der Waals surface area contributed by atoms with Gasteiger partial charge in [-0.2, -0.15) is 0 Å². The predicted octanol–water partition coefficient (Wildman–Crippen LogP) is 4.44. The molecule has 0 aliphatic carbocycles. The highest BCUT2D eigenvalue weighted by molar-refractivity contribution is 7.09. The molecule has 3 aromatic rings. The van der Waals surface area contributed by atoms with Gasteiger partial charge in [0.2, 0.25) is 0 Å². The standard InChI is InChI=1S/C25H30FN5O4S/c1-5-34-23(32)19-16-36-22(28-19)20-14-30(24(33)35-25(2,3)4)13-12-29(20)15-21-27-10-11-31(21)18-8-6-17(26)7-9-18/h6-11,16,20H,5,12-15H2,1-4H3. The molecule has 1 aliphatic heterocycles. The summed E-state index contributed by atoms with van der Waals surface area (Å²) >= 11 is 1.35. The molecule has 3 heterocycles. The number of rotatable bonds is 6. The SMILES string of the molecule is CCOC(=O)c1csc(C2CN(C(=O)OC(C)(C)C)CCN2Cc2nccn2-c2ccc(F)cc2)n1. The molecule has 192 valence electrons. The third kappa shape index (κ3) is 6.08. The lowest BCUT2D eigenvalue weighted by molar-refractivity contribution is 0.00147. The van der Waals surface area contributed by atoms with Crippen LogP contribution in [-0.4, -0.2) is 68.2 Å². The highest BCUT2D eigenvalue weighted by Gasteiger charge is 2.35. The number of carbonyl (C=O) groups excluding carboxylic acids is 2. The van der Waals surface area contributed by atoms with E-state index in [0.717, 1.165) is 11.5 Å². The number of nitrogens with zero attached hydrogens (tertiary/aromatic N) is 5. The topological polar surface area (TPSA) is 89.8 Å². The number of carbonyl (C=O) groups is 2. The molecule has 1 saturated heterocycles. The molecule has 1 aliphatic rings. The number of hydrogen-bond acceptors (Lipinski definition) is 8. The van der Waals surface area contributed by atoms with Crippen LogP contribution in [0.25, 0.3) is 5.69 Å². The molecule has 36 heavy (non-hydrogen) atoms. The monoisotopic (exact) mass is 515 g/mol. The Hall–Kier alpha value is -3.31. The summed E-state index contributed by atoms with van der Waals surface area (Å²) in [4.78, 5) is 38.0. The minimum absolute atomic E-state index is 0.249. The molecule has 9 nitrogen and oxygen atoms in total. The zero-order valence-corrected chi connectivity index (χ0v) is 21.6. The number of halogens is 1. The molecule has 1 aromatic carbocycles. The van der Waals surface area contributed by atoms with E-state index in [1.54, 1.807) is 35.5 Å². The van der Waals surface area contributed by atoms with Crippen LogP contribution in [-0.2, 0) is 16.0 Å². The lowest BCUT2D eigenvalue weighted by atomic mass is 10.1. The number of ether oxygens (including phenoxy) is 2. The van der Waals surface area contributed by atoms with Crippen LogP contribution in [0.3, 0.4) is 0 Å². The molecule has 1 atom stereocenters. The van der Waals surface area contributed by atoms with Crippen LogP contribution in [0.4, 0.5) is 9.18 Å². The molecule has 4 rings (SSSR count). The summed E-state index contributed by atoms with van der Waals surface area (Å²) in [6.07, 6.45) is 3.14. The Morgan fingerprint density at radius 1 is 1.19 bits per heavy atom. The average Bonchev–Trinajstić information content (AvgIpc) is 3.49. The lowest BCUT2D eigenvalue weighted by Gasteiger charge is -2.40. The first-order chi connectivity index (χ1) is 17.1. The molecule has 1 amide bonds. The zero-order valence-electron chi connectivity index (χ0n) is 20.8. The Labute approximate surface area is 213 Å². The van der Waals surface area contributed by atoms with E-state index in [4.69, 9.17) is 9.47 Å². The highest BCUT2D eigenvalue weighted by Crippen LogP contribution is 2.31. The van der Waals surface area contributed by atoms with E-state index in [2.05, 4.69) is 14.9 Å². The van der Waals surface area contributed by atoms with E-state index in [1.807, 2.05) is 31.5 Å². The molecule has 2 aromatic heterocycles. The first-order valence-corrected chi connectivity index (χ1v) is 12.6.